The summed E-state index contributed by atoms with van der Waals surface area (Å²) >= 11 is 6.79. The van der Waals surface area contributed by atoms with E-state index in [-0.39, 0.29) is 0 Å². The predicted molar refractivity (Wildman–Crippen MR) is 140 cm³/mol. The van der Waals surface area contributed by atoms with Gasteiger partial charge in [-0.3, -0.25) is 0 Å². The van der Waals surface area contributed by atoms with Gasteiger partial charge in [-0.25, -0.2) is 9.78 Å². The molecule has 0 radical (unpaired) electrons. The molecule has 180 valence electrons. The van der Waals surface area contributed by atoms with Crippen LogP contribution in [0.25, 0.3) is 0 Å². The number of ether oxygens (including phenoxy) is 1. The van der Waals surface area contributed by atoms with Gasteiger partial charge in [-0.15, -0.1) is 0 Å². The van der Waals surface area contributed by atoms with Gasteiger partial charge in [-0.1, -0.05) is 17.7 Å². The van der Waals surface area contributed by atoms with Crippen molar-refractivity contribution in [2.75, 3.05) is 17.7 Å². The molecule has 2 N–H and O–H groups in total. The van der Waals surface area contributed by atoms with Crippen LogP contribution < -0.4 is 10.6 Å². The Bertz CT molecular complexity index is 1220. The third-order valence-corrected chi connectivity index (χ3v) is 8.57. The summed E-state index contributed by atoms with van der Waals surface area (Å²) in [6.07, 6.45) is 9.99. The van der Waals surface area contributed by atoms with Gasteiger partial charge in [-0.2, -0.15) is 0 Å². The highest BCUT2D eigenvalue weighted by atomic mass is 35.5. The number of esters is 1. The molecular formula is C29H30ClN3O2. The third-order valence-electron chi connectivity index (χ3n) is 8.26. The second kappa shape index (κ2) is 8.87. The van der Waals surface area contributed by atoms with E-state index < -0.39 is 5.97 Å². The summed E-state index contributed by atoms with van der Waals surface area (Å²) in [5.41, 5.74) is 4.85. The molecule has 0 atom stereocenters. The lowest BCUT2D eigenvalue weighted by atomic mass is 9.48. The van der Waals surface area contributed by atoms with Crippen LogP contribution in [0, 0.1) is 17.8 Å². The van der Waals surface area contributed by atoms with Crippen LogP contribution >= 0.6 is 11.6 Å². The molecule has 4 saturated carbocycles. The van der Waals surface area contributed by atoms with E-state index in [1.54, 1.807) is 18.3 Å². The van der Waals surface area contributed by atoms with Gasteiger partial charge in [0.15, 0.2) is 0 Å². The molecule has 1 aromatic heterocycles. The smallest absolute Gasteiger partial charge is 0.341 e. The maximum atomic E-state index is 12.0. The van der Waals surface area contributed by atoms with Crippen LogP contribution in [0.2, 0.25) is 5.02 Å². The minimum atomic E-state index is -0.425. The topological polar surface area (TPSA) is 63.2 Å². The minimum Gasteiger partial charge on any atom is -0.465 e. The van der Waals surface area contributed by atoms with Gasteiger partial charge in [-0.05, 0) is 116 Å². The molecule has 0 spiro atoms. The Morgan fingerprint density at radius 1 is 0.943 bits per heavy atom. The highest BCUT2D eigenvalue weighted by Crippen LogP contribution is 2.61. The Hall–Kier alpha value is -3.05. The standard InChI is InChI=1S/C29H30ClN3O2/c1-35-28(34)24-3-2-10-31-27(24)33-23-7-5-22(6-8-23)32-26-9-4-21(14-25(26)30)29-15-18-11-19(16-29)13-20(12-18)17-29/h2-10,14,18-20,32H,11-13,15-17H2,1H3,(H,31,33). The van der Waals surface area contributed by atoms with Gasteiger partial charge in [0.25, 0.3) is 0 Å². The Morgan fingerprint density at radius 3 is 2.17 bits per heavy atom. The molecule has 0 saturated heterocycles. The predicted octanol–water partition coefficient (Wildman–Crippen LogP) is 7.48. The molecule has 0 amide bonds. The zero-order valence-corrected chi connectivity index (χ0v) is 20.6. The lowest BCUT2D eigenvalue weighted by Crippen LogP contribution is -2.48. The molecule has 0 aliphatic heterocycles. The zero-order valence-electron chi connectivity index (χ0n) is 19.9. The number of rotatable bonds is 6. The summed E-state index contributed by atoms with van der Waals surface area (Å²) in [4.78, 5) is 16.3. The summed E-state index contributed by atoms with van der Waals surface area (Å²) in [5, 5.41) is 7.42. The summed E-state index contributed by atoms with van der Waals surface area (Å²) in [6.45, 7) is 0. The summed E-state index contributed by atoms with van der Waals surface area (Å²) in [5.74, 6) is 2.79. The lowest BCUT2D eigenvalue weighted by Gasteiger charge is -2.57. The summed E-state index contributed by atoms with van der Waals surface area (Å²) < 4.78 is 4.85. The average Bonchev–Trinajstić information content (AvgIpc) is 2.85. The number of hydrogen-bond acceptors (Lipinski definition) is 5. The van der Waals surface area contributed by atoms with E-state index in [1.807, 2.05) is 24.3 Å². The van der Waals surface area contributed by atoms with Crippen molar-refractivity contribution in [3.05, 3.63) is 76.9 Å². The highest BCUT2D eigenvalue weighted by Gasteiger charge is 2.51. The molecule has 35 heavy (non-hydrogen) atoms. The van der Waals surface area contributed by atoms with Crippen LogP contribution in [0.3, 0.4) is 0 Å². The van der Waals surface area contributed by atoms with Gasteiger partial charge in [0, 0.05) is 17.6 Å². The quantitative estimate of drug-likeness (QED) is 0.353. The van der Waals surface area contributed by atoms with Crippen LogP contribution in [0.15, 0.2) is 60.8 Å². The molecule has 2 aromatic carbocycles. The second-order valence-corrected chi connectivity index (χ2v) is 11.0. The fourth-order valence-corrected chi connectivity index (χ4v) is 7.35. The zero-order chi connectivity index (χ0) is 24.0. The molecule has 4 bridgehead atoms. The normalized spacial score (nSPS) is 26.4. The number of methoxy groups -OCH3 is 1. The summed E-state index contributed by atoms with van der Waals surface area (Å²) in [6, 6.07) is 17.9. The van der Waals surface area contributed by atoms with Crippen molar-refractivity contribution in [3.8, 4) is 0 Å². The maximum absolute atomic E-state index is 12.0. The SMILES string of the molecule is COC(=O)c1cccnc1Nc1ccc(Nc2ccc(C34CC5CC(CC(C5)C3)C4)cc2Cl)cc1. The number of carbonyl (C=O) groups is 1. The van der Waals surface area contributed by atoms with E-state index in [1.165, 1.54) is 51.2 Å². The van der Waals surface area contributed by atoms with Crippen LogP contribution in [0.5, 0.6) is 0 Å². The van der Waals surface area contributed by atoms with Crippen molar-refractivity contribution in [1.29, 1.82) is 0 Å². The first-order chi connectivity index (χ1) is 17.0. The molecule has 3 aromatic rings. The van der Waals surface area contributed by atoms with E-state index in [9.17, 15) is 4.79 Å². The molecule has 6 heteroatoms. The van der Waals surface area contributed by atoms with Gasteiger partial charge < -0.3 is 15.4 Å². The van der Waals surface area contributed by atoms with Crippen LogP contribution in [-0.2, 0) is 10.2 Å². The van der Waals surface area contributed by atoms with Gasteiger partial charge in [0.1, 0.15) is 11.4 Å². The molecular weight excluding hydrogens is 458 g/mol. The Morgan fingerprint density at radius 2 is 1.57 bits per heavy atom. The molecule has 5 nitrogen and oxygen atoms in total. The first-order valence-corrected chi connectivity index (χ1v) is 12.9. The molecule has 0 unspecified atom stereocenters. The Kier molecular flexibility index (Phi) is 5.68. The molecule has 7 rings (SSSR count). The van der Waals surface area contributed by atoms with Crippen molar-refractivity contribution < 1.29 is 9.53 Å². The van der Waals surface area contributed by atoms with Crippen molar-refractivity contribution in [2.24, 2.45) is 17.8 Å². The van der Waals surface area contributed by atoms with Crippen LogP contribution in [-0.4, -0.2) is 18.1 Å². The van der Waals surface area contributed by atoms with Gasteiger partial charge in [0.05, 0.1) is 17.8 Å². The maximum Gasteiger partial charge on any atom is 0.341 e. The number of benzene rings is 2. The van der Waals surface area contributed by atoms with Crippen molar-refractivity contribution in [2.45, 2.75) is 43.9 Å². The molecule has 1 heterocycles. The first-order valence-electron chi connectivity index (χ1n) is 12.5. The van der Waals surface area contributed by atoms with Crippen molar-refractivity contribution in [3.63, 3.8) is 0 Å². The van der Waals surface area contributed by atoms with Gasteiger partial charge in [0.2, 0.25) is 0 Å². The molecule has 4 aliphatic carbocycles. The number of carbonyl (C=O) groups excluding carboxylic acids is 1. The van der Waals surface area contributed by atoms with Gasteiger partial charge >= 0.3 is 5.97 Å². The number of pyridine rings is 1. The van der Waals surface area contributed by atoms with Crippen LogP contribution in [0.4, 0.5) is 22.9 Å². The van der Waals surface area contributed by atoms with Crippen molar-refractivity contribution in [1.82, 2.24) is 4.98 Å². The number of hydrogen-bond donors (Lipinski definition) is 2. The largest absolute Gasteiger partial charge is 0.465 e. The second-order valence-electron chi connectivity index (χ2n) is 10.6. The minimum absolute atomic E-state index is 0.346. The number of nitrogens with zero attached hydrogens (tertiary/aromatic N) is 1. The number of halogens is 1. The van der Waals surface area contributed by atoms with Crippen molar-refractivity contribution >= 4 is 40.5 Å². The highest BCUT2D eigenvalue weighted by molar-refractivity contribution is 6.33. The first kappa shape index (κ1) is 22.4. The third kappa shape index (κ3) is 4.27. The van der Waals surface area contributed by atoms with E-state index in [4.69, 9.17) is 16.3 Å². The molecule has 4 fully saturated rings. The fraction of sp³-hybridized carbons (Fsp3) is 0.379. The Balaban J connectivity index is 1.16. The monoisotopic (exact) mass is 487 g/mol. The van der Waals surface area contributed by atoms with Crippen LogP contribution in [0.1, 0.15) is 54.4 Å². The average molecular weight is 488 g/mol. The fourth-order valence-electron chi connectivity index (χ4n) is 7.12. The van der Waals surface area contributed by atoms with E-state index in [0.29, 0.717) is 16.8 Å². The summed E-state index contributed by atoms with van der Waals surface area (Å²) in [7, 11) is 1.36. The van der Waals surface area contributed by atoms with E-state index in [0.717, 1.165) is 39.8 Å². The van der Waals surface area contributed by atoms with E-state index >= 15 is 0 Å². The van der Waals surface area contributed by atoms with E-state index in [2.05, 4.69) is 33.8 Å². The number of aromatic nitrogens is 1. The number of anilines is 4. The Labute approximate surface area is 211 Å². The number of nitrogens with one attached hydrogen (secondary N) is 2. The lowest BCUT2D eigenvalue weighted by molar-refractivity contribution is -0.00517. The molecule has 4 aliphatic rings.